The molecule has 0 fully saturated rings. The Labute approximate surface area is 58.4 Å². The van der Waals surface area contributed by atoms with E-state index in [0.717, 1.165) is 0 Å². The summed E-state index contributed by atoms with van der Waals surface area (Å²) in [5.41, 5.74) is 0. The molecular weight excluding hydrogens is 138 g/mol. The molecule has 0 radical (unpaired) electrons. The van der Waals surface area contributed by atoms with Crippen molar-refractivity contribution in [1.82, 2.24) is 4.98 Å². The normalized spacial score (nSPS) is 9.11. The van der Waals surface area contributed by atoms with Gasteiger partial charge in [-0.05, 0) is 6.07 Å². The van der Waals surface area contributed by atoms with E-state index in [1.807, 2.05) is 0 Å². The number of pyridine rings is 1. The van der Waals surface area contributed by atoms with Crippen molar-refractivity contribution in [3.05, 3.63) is 23.5 Å². The van der Waals surface area contributed by atoms with Gasteiger partial charge in [-0.15, -0.1) is 0 Å². The Bertz CT molecular complexity index is 202. The number of halogens is 1. The number of methoxy groups -OCH3 is 1. The number of hydrogen-bond acceptors (Lipinski definition) is 2. The Morgan fingerprint density at radius 3 is 2.89 bits per heavy atom. The molecule has 0 amide bonds. The van der Waals surface area contributed by atoms with Gasteiger partial charge in [0.2, 0.25) is 0 Å². The molecule has 0 aliphatic rings. The van der Waals surface area contributed by atoms with Crippen molar-refractivity contribution in [2.24, 2.45) is 0 Å². The van der Waals surface area contributed by atoms with Gasteiger partial charge in [0.05, 0.1) is 7.11 Å². The summed E-state index contributed by atoms with van der Waals surface area (Å²) in [5, 5.41) is 0.542. The fraction of sp³-hybridized carbons (Fsp3) is 0.167. The van der Waals surface area contributed by atoms with Gasteiger partial charge in [0, 0.05) is 12.4 Å². The Hall–Kier alpha value is -0.760. The molecule has 0 spiro atoms. The fourth-order valence-electron chi connectivity index (χ4n) is 0.528. The third-order valence-electron chi connectivity index (χ3n) is 0.955. The molecule has 0 bridgehead atoms. The molecule has 1 rings (SSSR count). The first-order chi connectivity index (χ1) is 4.34. The number of rotatable bonds is 1. The molecule has 0 saturated carbocycles. The van der Waals surface area contributed by atoms with Crippen molar-refractivity contribution in [2.45, 2.75) is 0 Å². The number of nitrogens with zero attached hydrogens (tertiary/aromatic N) is 1. The highest BCUT2D eigenvalue weighted by atomic mass is 35.5. The van der Waals surface area contributed by atoms with Crippen LogP contribution in [0.15, 0.2) is 18.5 Å². The molecule has 48 valence electrons. The van der Waals surface area contributed by atoms with Crippen LogP contribution in [0, 0.1) is 0 Å². The van der Waals surface area contributed by atoms with E-state index in [0.29, 0.717) is 10.8 Å². The first kappa shape index (κ1) is 6.36. The molecule has 0 aliphatic carbocycles. The van der Waals surface area contributed by atoms with E-state index >= 15 is 0 Å². The minimum absolute atomic E-state index is 0.542. The molecule has 1 aromatic heterocycles. The van der Waals surface area contributed by atoms with Gasteiger partial charge in [-0.1, -0.05) is 11.6 Å². The fourth-order valence-corrected chi connectivity index (χ4v) is 0.724. The topological polar surface area (TPSA) is 22.1 Å². The summed E-state index contributed by atoms with van der Waals surface area (Å²) < 4.78 is 4.87. The molecule has 3 heteroatoms. The van der Waals surface area contributed by atoms with Crippen LogP contribution in [0.4, 0.5) is 0 Å². The van der Waals surface area contributed by atoms with Crippen molar-refractivity contribution in [3.8, 4) is 5.75 Å². The lowest BCUT2D eigenvalue weighted by Crippen LogP contribution is -1.83. The minimum Gasteiger partial charge on any atom is -0.495 e. The summed E-state index contributed by atoms with van der Waals surface area (Å²) in [7, 11) is 1.57. The summed E-state index contributed by atoms with van der Waals surface area (Å²) in [6, 6.07) is 1.71. The lowest BCUT2D eigenvalue weighted by atomic mass is 10.4. The quantitative estimate of drug-likeness (QED) is 0.598. The molecule has 0 aliphatic heterocycles. The molecule has 1 heterocycles. The van der Waals surface area contributed by atoms with Crippen molar-refractivity contribution in [2.75, 3.05) is 7.11 Å². The van der Waals surface area contributed by atoms with Crippen LogP contribution in [0.5, 0.6) is 5.75 Å². The SMILES string of the molecule is COc1ccncc1Cl. The van der Waals surface area contributed by atoms with Crippen LogP contribution < -0.4 is 4.74 Å². The second kappa shape index (κ2) is 2.69. The largest absolute Gasteiger partial charge is 0.495 e. The molecule has 9 heavy (non-hydrogen) atoms. The summed E-state index contributed by atoms with van der Waals surface area (Å²) in [6.07, 6.45) is 3.17. The molecule has 1 aromatic rings. The zero-order valence-corrected chi connectivity index (χ0v) is 5.72. The highest BCUT2D eigenvalue weighted by Crippen LogP contribution is 2.20. The average molecular weight is 144 g/mol. The maximum absolute atomic E-state index is 5.64. The summed E-state index contributed by atoms with van der Waals surface area (Å²) in [4.78, 5) is 3.78. The van der Waals surface area contributed by atoms with Crippen LogP contribution in [0.1, 0.15) is 0 Å². The predicted octanol–water partition coefficient (Wildman–Crippen LogP) is 1.74. The molecule has 0 unspecified atom stereocenters. The number of hydrogen-bond donors (Lipinski definition) is 0. The van der Waals surface area contributed by atoms with E-state index in [2.05, 4.69) is 4.98 Å². The maximum atomic E-state index is 5.64. The zero-order valence-electron chi connectivity index (χ0n) is 4.97. The maximum Gasteiger partial charge on any atom is 0.140 e. The molecule has 0 atom stereocenters. The average Bonchev–Trinajstić information content (AvgIpc) is 1.89. The van der Waals surface area contributed by atoms with E-state index in [1.165, 1.54) is 0 Å². The Morgan fingerprint density at radius 2 is 2.44 bits per heavy atom. The van der Waals surface area contributed by atoms with Gasteiger partial charge < -0.3 is 4.74 Å². The standard InChI is InChI=1S/C6H6ClNO/c1-9-6-2-3-8-4-5(6)7/h2-4H,1H3. The monoisotopic (exact) mass is 143 g/mol. The van der Waals surface area contributed by atoms with Gasteiger partial charge in [-0.25, -0.2) is 0 Å². The van der Waals surface area contributed by atoms with E-state index in [4.69, 9.17) is 16.3 Å². The lowest BCUT2D eigenvalue weighted by Gasteiger charge is -1.98. The summed E-state index contributed by atoms with van der Waals surface area (Å²) in [6.45, 7) is 0. The molecule has 0 N–H and O–H groups in total. The minimum atomic E-state index is 0.542. The van der Waals surface area contributed by atoms with Gasteiger partial charge in [-0.2, -0.15) is 0 Å². The van der Waals surface area contributed by atoms with Gasteiger partial charge in [0.15, 0.2) is 0 Å². The van der Waals surface area contributed by atoms with Crippen LogP contribution in [0.2, 0.25) is 5.02 Å². The van der Waals surface area contributed by atoms with Gasteiger partial charge >= 0.3 is 0 Å². The Morgan fingerprint density at radius 1 is 1.67 bits per heavy atom. The van der Waals surface area contributed by atoms with Crippen LogP contribution in [-0.2, 0) is 0 Å². The van der Waals surface area contributed by atoms with Crippen molar-refractivity contribution in [3.63, 3.8) is 0 Å². The third-order valence-corrected chi connectivity index (χ3v) is 1.24. The van der Waals surface area contributed by atoms with Crippen molar-refractivity contribution < 1.29 is 4.74 Å². The summed E-state index contributed by atoms with van der Waals surface area (Å²) >= 11 is 5.64. The number of aromatic nitrogens is 1. The Kier molecular flexibility index (Phi) is 1.90. The highest BCUT2D eigenvalue weighted by molar-refractivity contribution is 6.31. The molecule has 2 nitrogen and oxygen atoms in total. The molecular formula is C6H6ClNO. The first-order valence-corrected chi connectivity index (χ1v) is 2.86. The smallest absolute Gasteiger partial charge is 0.140 e. The highest BCUT2D eigenvalue weighted by Gasteiger charge is 1.94. The number of ether oxygens (including phenoxy) is 1. The van der Waals surface area contributed by atoms with Crippen LogP contribution >= 0.6 is 11.6 Å². The second-order valence-electron chi connectivity index (χ2n) is 1.51. The predicted molar refractivity (Wildman–Crippen MR) is 35.8 cm³/mol. The molecule has 0 saturated heterocycles. The Balaban J connectivity index is 3.01. The lowest BCUT2D eigenvalue weighted by molar-refractivity contribution is 0.414. The van der Waals surface area contributed by atoms with Gasteiger partial charge in [0.1, 0.15) is 10.8 Å². The molecule has 0 aromatic carbocycles. The van der Waals surface area contributed by atoms with Crippen molar-refractivity contribution in [1.29, 1.82) is 0 Å². The van der Waals surface area contributed by atoms with Crippen molar-refractivity contribution >= 4 is 11.6 Å². The van der Waals surface area contributed by atoms with Crippen LogP contribution in [-0.4, -0.2) is 12.1 Å². The van der Waals surface area contributed by atoms with E-state index in [-0.39, 0.29) is 0 Å². The van der Waals surface area contributed by atoms with Crippen LogP contribution in [0.3, 0.4) is 0 Å². The van der Waals surface area contributed by atoms with Gasteiger partial charge in [0.25, 0.3) is 0 Å². The van der Waals surface area contributed by atoms with Gasteiger partial charge in [-0.3, -0.25) is 4.98 Å². The first-order valence-electron chi connectivity index (χ1n) is 2.48. The third kappa shape index (κ3) is 1.33. The second-order valence-corrected chi connectivity index (χ2v) is 1.92. The van der Waals surface area contributed by atoms with E-state index < -0.39 is 0 Å². The van der Waals surface area contributed by atoms with Crippen LogP contribution in [0.25, 0.3) is 0 Å². The zero-order chi connectivity index (χ0) is 6.69. The summed E-state index contributed by atoms with van der Waals surface area (Å²) in [5.74, 6) is 0.659. The van der Waals surface area contributed by atoms with E-state index in [1.54, 1.807) is 25.6 Å². The van der Waals surface area contributed by atoms with E-state index in [9.17, 15) is 0 Å².